The molecule has 0 saturated heterocycles. The third kappa shape index (κ3) is 4.67. The van der Waals surface area contributed by atoms with E-state index in [1.165, 1.54) is 24.4 Å². The molecule has 1 aromatic carbocycles. The molecule has 38 heavy (non-hydrogen) atoms. The molecule has 0 spiro atoms. The summed E-state index contributed by atoms with van der Waals surface area (Å²) < 4.78 is 84.4. The molecule has 1 aliphatic heterocycles. The van der Waals surface area contributed by atoms with Gasteiger partial charge in [0.1, 0.15) is 11.8 Å². The van der Waals surface area contributed by atoms with Gasteiger partial charge in [-0.05, 0) is 30.7 Å². The molecule has 2 unspecified atom stereocenters. The third-order valence-electron chi connectivity index (χ3n) is 6.41. The summed E-state index contributed by atoms with van der Waals surface area (Å²) >= 11 is 0. The summed E-state index contributed by atoms with van der Waals surface area (Å²) in [6.07, 6.45) is -8.78. The van der Waals surface area contributed by atoms with Crippen LogP contribution in [0.3, 0.4) is 0 Å². The first-order valence-corrected chi connectivity index (χ1v) is 11.1. The van der Waals surface area contributed by atoms with Crippen LogP contribution in [0.1, 0.15) is 34.9 Å². The zero-order chi connectivity index (χ0) is 28.0. The highest BCUT2D eigenvalue weighted by Gasteiger charge is 2.43. The lowest BCUT2D eigenvalue weighted by Crippen LogP contribution is -2.40. The van der Waals surface area contributed by atoms with Crippen molar-refractivity contribution < 1.29 is 36.2 Å². The molecule has 0 fully saturated rings. The molecule has 2 atom stereocenters. The Hall–Kier alpha value is -4.05. The molecule has 0 radical (unpaired) electrons. The third-order valence-corrected chi connectivity index (χ3v) is 6.41. The number of halogens is 6. The molecular formula is C25H21F6N5O2. The first kappa shape index (κ1) is 27.0. The molecule has 0 saturated carbocycles. The molecule has 3 heterocycles. The van der Waals surface area contributed by atoms with E-state index in [4.69, 9.17) is 4.74 Å². The summed E-state index contributed by atoms with van der Waals surface area (Å²) in [7, 11) is 2.78. The van der Waals surface area contributed by atoms with Crippen LogP contribution in [0.15, 0.2) is 48.4 Å². The number of alkyl halides is 6. The Morgan fingerprint density at radius 2 is 1.82 bits per heavy atom. The number of nitrogens with one attached hydrogen (secondary N) is 1. The monoisotopic (exact) mass is 537 g/mol. The van der Waals surface area contributed by atoms with Crippen LogP contribution in [0.2, 0.25) is 0 Å². The van der Waals surface area contributed by atoms with Crippen LogP contribution < -0.4 is 10.1 Å². The predicted octanol–water partition coefficient (Wildman–Crippen LogP) is 4.59. The summed E-state index contributed by atoms with van der Waals surface area (Å²) in [6.45, 7) is 1.78. The van der Waals surface area contributed by atoms with Crippen molar-refractivity contribution in [2.45, 2.75) is 37.5 Å². The summed E-state index contributed by atoms with van der Waals surface area (Å²) in [5, 5.41) is 25.0. The van der Waals surface area contributed by atoms with E-state index >= 15 is 0 Å². The second-order valence-electron chi connectivity index (χ2n) is 8.73. The van der Waals surface area contributed by atoms with Crippen molar-refractivity contribution in [3.8, 4) is 11.9 Å². The van der Waals surface area contributed by atoms with E-state index in [-0.39, 0.29) is 45.3 Å². The van der Waals surface area contributed by atoms with E-state index in [1.54, 1.807) is 24.9 Å². The highest BCUT2D eigenvalue weighted by molar-refractivity contribution is 5.88. The van der Waals surface area contributed by atoms with Gasteiger partial charge >= 0.3 is 12.4 Å². The van der Waals surface area contributed by atoms with Gasteiger partial charge in [-0.1, -0.05) is 12.1 Å². The first-order valence-electron chi connectivity index (χ1n) is 11.1. The number of pyridine rings is 2. The largest absolute Gasteiger partial charge is 0.481 e. The van der Waals surface area contributed by atoms with Gasteiger partial charge in [-0.25, -0.2) is 4.98 Å². The molecule has 2 aromatic heterocycles. The summed E-state index contributed by atoms with van der Waals surface area (Å²) in [5.74, 6) is -0.363. The van der Waals surface area contributed by atoms with E-state index in [1.807, 2.05) is 0 Å². The predicted molar refractivity (Wildman–Crippen MR) is 123 cm³/mol. The minimum Gasteiger partial charge on any atom is -0.481 e. The zero-order valence-electron chi connectivity index (χ0n) is 20.2. The average Bonchev–Trinajstić information content (AvgIpc) is 3.19. The van der Waals surface area contributed by atoms with Crippen molar-refractivity contribution in [3.05, 3.63) is 76.4 Å². The van der Waals surface area contributed by atoms with Gasteiger partial charge in [-0.15, -0.1) is 0 Å². The van der Waals surface area contributed by atoms with E-state index in [0.29, 0.717) is 0 Å². The number of benzene rings is 1. The maximum atomic E-state index is 13.3. The topological polar surface area (TPSA) is 94.3 Å². The standard InChI is InChI=1S/C25H21F6N5O2/c1-13-33-12-21(36(13)2)24(37,15-5-7-20(34-11-15)25(29,30)31)14-4-6-19-16(8-14)18(10-32)17(9-23(26,27)28)22(35-19)38-3/h4-8,11-13,33,37H,9H2,1-3H3. The number of rotatable bonds is 5. The lowest BCUT2D eigenvalue weighted by molar-refractivity contribution is -0.141. The van der Waals surface area contributed by atoms with Crippen LogP contribution in [-0.4, -0.2) is 46.5 Å². The van der Waals surface area contributed by atoms with E-state index in [0.717, 1.165) is 25.4 Å². The molecule has 4 rings (SSSR count). The summed E-state index contributed by atoms with van der Waals surface area (Å²) in [6, 6.07) is 7.70. The van der Waals surface area contributed by atoms with E-state index in [9.17, 15) is 36.7 Å². The van der Waals surface area contributed by atoms with E-state index < -0.39 is 35.6 Å². The first-order chi connectivity index (χ1) is 17.7. The number of hydrogen-bond donors (Lipinski definition) is 2. The van der Waals surface area contributed by atoms with Gasteiger partial charge in [-0.2, -0.15) is 31.6 Å². The van der Waals surface area contributed by atoms with Crippen LogP contribution in [-0.2, 0) is 18.2 Å². The Kier molecular flexibility index (Phi) is 6.65. The normalized spacial score (nSPS) is 17.6. The number of methoxy groups -OCH3 is 1. The molecule has 0 amide bonds. The number of nitriles is 1. The molecule has 2 N–H and O–H groups in total. The average molecular weight is 537 g/mol. The summed E-state index contributed by atoms with van der Waals surface area (Å²) in [4.78, 5) is 9.24. The maximum absolute atomic E-state index is 13.3. The van der Waals surface area contributed by atoms with Gasteiger partial charge in [0.25, 0.3) is 0 Å². The van der Waals surface area contributed by atoms with Crippen LogP contribution in [0.4, 0.5) is 26.3 Å². The van der Waals surface area contributed by atoms with Crippen LogP contribution >= 0.6 is 0 Å². The molecule has 7 nitrogen and oxygen atoms in total. The Balaban J connectivity index is 1.99. The number of fused-ring (bicyclic) bond motifs is 1. The minimum atomic E-state index is -4.71. The molecule has 3 aromatic rings. The molecule has 200 valence electrons. The van der Waals surface area contributed by atoms with Crippen molar-refractivity contribution >= 4 is 10.9 Å². The van der Waals surface area contributed by atoms with Crippen molar-refractivity contribution in [1.82, 2.24) is 20.2 Å². The van der Waals surface area contributed by atoms with Gasteiger partial charge in [0.05, 0.1) is 36.5 Å². The summed E-state index contributed by atoms with van der Waals surface area (Å²) in [5.41, 5.74) is -3.69. The zero-order valence-corrected chi connectivity index (χ0v) is 20.2. The fraction of sp³-hybridized carbons (Fsp3) is 0.320. The van der Waals surface area contributed by atoms with Crippen LogP contribution in [0, 0.1) is 11.3 Å². The number of likely N-dealkylation sites (N-methyl/N-ethyl adjacent to an activating group) is 1. The van der Waals surface area contributed by atoms with Gasteiger partial charge in [-0.3, -0.25) is 4.98 Å². The van der Waals surface area contributed by atoms with Crippen LogP contribution in [0.25, 0.3) is 10.9 Å². The fourth-order valence-electron chi connectivity index (χ4n) is 4.39. The lowest BCUT2D eigenvalue weighted by Gasteiger charge is -2.35. The van der Waals surface area contributed by atoms with Crippen LogP contribution in [0.5, 0.6) is 5.88 Å². The molecular weight excluding hydrogens is 516 g/mol. The molecule has 1 aliphatic rings. The Morgan fingerprint density at radius 3 is 2.32 bits per heavy atom. The van der Waals surface area contributed by atoms with Crippen molar-refractivity contribution in [3.63, 3.8) is 0 Å². The highest BCUT2D eigenvalue weighted by Crippen LogP contribution is 2.42. The second-order valence-corrected chi connectivity index (χ2v) is 8.73. The number of hydrogen-bond acceptors (Lipinski definition) is 7. The molecule has 0 bridgehead atoms. The minimum absolute atomic E-state index is 0.00519. The lowest BCUT2D eigenvalue weighted by atomic mass is 9.82. The van der Waals surface area contributed by atoms with Crippen molar-refractivity contribution in [2.24, 2.45) is 0 Å². The quantitative estimate of drug-likeness (QED) is 0.460. The van der Waals surface area contributed by atoms with Gasteiger partial charge in [0, 0.05) is 36.0 Å². The highest BCUT2D eigenvalue weighted by atomic mass is 19.4. The van der Waals surface area contributed by atoms with E-state index in [2.05, 4.69) is 15.3 Å². The smallest absolute Gasteiger partial charge is 0.433 e. The Bertz CT molecular complexity index is 1450. The van der Waals surface area contributed by atoms with Crippen molar-refractivity contribution in [2.75, 3.05) is 14.2 Å². The number of ether oxygens (including phenoxy) is 1. The van der Waals surface area contributed by atoms with Gasteiger partial charge in [0.15, 0.2) is 5.60 Å². The van der Waals surface area contributed by atoms with Crippen molar-refractivity contribution in [1.29, 1.82) is 5.26 Å². The second kappa shape index (κ2) is 9.36. The number of nitrogens with zero attached hydrogens (tertiary/aromatic N) is 4. The number of aromatic nitrogens is 2. The SMILES string of the molecule is COc1nc2ccc(C(O)(C3=CNC(C)N3C)c3ccc(C(F)(F)F)nc3)cc2c(C#N)c1CC(F)(F)F. The van der Waals surface area contributed by atoms with Gasteiger partial charge < -0.3 is 20.1 Å². The maximum Gasteiger partial charge on any atom is 0.433 e. The van der Waals surface area contributed by atoms with Gasteiger partial charge in [0.2, 0.25) is 5.88 Å². The fourth-order valence-corrected chi connectivity index (χ4v) is 4.39. The Morgan fingerprint density at radius 1 is 1.13 bits per heavy atom. The number of aliphatic hydroxyl groups is 1. The molecule has 13 heteroatoms. The Labute approximate surface area is 213 Å². The molecule has 0 aliphatic carbocycles.